The number of aryl methyl sites for hydroxylation is 1. The van der Waals surface area contributed by atoms with E-state index in [0.717, 1.165) is 16.7 Å². The minimum Gasteiger partial charge on any atom is -0.244 e. The Morgan fingerprint density at radius 2 is 1.95 bits per heavy atom. The summed E-state index contributed by atoms with van der Waals surface area (Å²) in [4.78, 5) is 8.17. The Labute approximate surface area is 117 Å². The second-order valence-corrected chi connectivity index (χ2v) is 4.09. The lowest BCUT2D eigenvalue weighted by Gasteiger charge is -2.03. The summed E-state index contributed by atoms with van der Waals surface area (Å²) < 4.78 is 15.3. The minimum absolute atomic E-state index is 0.229. The van der Waals surface area contributed by atoms with Gasteiger partial charge in [0.25, 0.3) is 0 Å². The average molecular weight is 272 g/mol. The number of hydrogen-bond donors (Lipinski definition) is 0. The molecule has 1 aromatic carbocycles. The van der Waals surface area contributed by atoms with Gasteiger partial charge in [-0.15, -0.1) is 0 Å². The first-order valence-corrected chi connectivity index (χ1v) is 6.62. The summed E-state index contributed by atoms with van der Waals surface area (Å²) in [7, 11) is 0. The number of halogens is 1. The van der Waals surface area contributed by atoms with Crippen LogP contribution in [0, 0.1) is 12.7 Å². The van der Waals surface area contributed by atoms with Crippen molar-refractivity contribution in [1.29, 1.82) is 0 Å². The molecule has 0 N–H and O–H groups in total. The van der Waals surface area contributed by atoms with Crippen molar-refractivity contribution < 1.29 is 4.39 Å². The first-order valence-electron chi connectivity index (χ1n) is 6.62. The third kappa shape index (κ3) is 2.66. The molecule has 5 heteroatoms. The Kier molecular flexibility index (Phi) is 4.40. The molecule has 2 aromatic heterocycles. The van der Waals surface area contributed by atoms with E-state index >= 15 is 0 Å². The van der Waals surface area contributed by atoms with Gasteiger partial charge in [0.05, 0.1) is 17.6 Å². The Morgan fingerprint density at radius 3 is 2.70 bits per heavy atom. The number of fused-ring (bicyclic) bond motifs is 1. The quantitative estimate of drug-likeness (QED) is 0.718. The molecule has 0 fully saturated rings. The van der Waals surface area contributed by atoms with Gasteiger partial charge in [0.15, 0.2) is 5.65 Å². The molecule has 0 saturated heterocycles. The van der Waals surface area contributed by atoms with Crippen molar-refractivity contribution in [2.45, 2.75) is 27.3 Å². The van der Waals surface area contributed by atoms with Gasteiger partial charge in [0, 0.05) is 11.8 Å². The van der Waals surface area contributed by atoms with Crippen molar-refractivity contribution >= 4 is 11.0 Å². The maximum absolute atomic E-state index is 13.6. The van der Waals surface area contributed by atoms with Crippen molar-refractivity contribution in [3.63, 3.8) is 0 Å². The molecule has 2 heterocycles. The first kappa shape index (κ1) is 14.1. The summed E-state index contributed by atoms with van der Waals surface area (Å²) >= 11 is 0. The van der Waals surface area contributed by atoms with Gasteiger partial charge in [-0.25, -0.2) is 19.0 Å². The number of benzene rings is 1. The SMILES string of the molecule is CC.Cc1nn(Cc2ccccc2F)c2ncncc12. The summed E-state index contributed by atoms with van der Waals surface area (Å²) in [6.45, 7) is 6.26. The van der Waals surface area contributed by atoms with Crippen LogP contribution in [0.5, 0.6) is 0 Å². The third-order valence-corrected chi connectivity index (χ3v) is 2.87. The zero-order chi connectivity index (χ0) is 14.5. The van der Waals surface area contributed by atoms with Crippen LogP contribution >= 0.6 is 0 Å². The van der Waals surface area contributed by atoms with Gasteiger partial charge in [0.2, 0.25) is 0 Å². The molecule has 104 valence electrons. The van der Waals surface area contributed by atoms with Crippen LogP contribution in [0.1, 0.15) is 25.1 Å². The molecule has 0 unspecified atom stereocenters. The fraction of sp³-hybridized carbons (Fsp3) is 0.267. The highest BCUT2D eigenvalue weighted by molar-refractivity contribution is 5.76. The van der Waals surface area contributed by atoms with E-state index < -0.39 is 0 Å². The number of aromatic nitrogens is 4. The van der Waals surface area contributed by atoms with Gasteiger partial charge < -0.3 is 0 Å². The molecule has 0 aliphatic heterocycles. The lowest BCUT2D eigenvalue weighted by Crippen LogP contribution is -2.04. The highest BCUT2D eigenvalue weighted by Crippen LogP contribution is 2.16. The number of nitrogens with zero attached hydrogens (tertiary/aromatic N) is 4. The van der Waals surface area contributed by atoms with Gasteiger partial charge in [-0.1, -0.05) is 32.0 Å². The van der Waals surface area contributed by atoms with Crippen molar-refractivity contribution in [2.24, 2.45) is 0 Å². The molecule has 0 aliphatic carbocycles. The second kappa shape index (κ2) is 6.23. The van der Waals surface area contributed by atoms with Crippen LogP contribution in [-0.4, -0.2) is 19.7 Å². The molecule has 0 aliphatic rings. The van der Waals surface area contributed by atoms with Gasteiger partial charge in [-0.3, -0.25) is 0 Å². The highest BCUT2D eigenvalue weighted by Gasteiger charge is 2.10. The zero-order valence-corrected chi connectivity index (χ0v) is 11.8. The van der Waals surface area contributed by atoms with Gasteiger partial charge >= 0.3 is 0 Å². The van der Waals surface area contributed by atoms with E-state index in [1.165, 1.54) is 12.4 Å². The van der Waals surface area contributed by atoms with Gasteiger partial charge in [0.1, 0.15) is 12.1 Å². The summed E-state index contributed by atoms with van der Waals surface area (Å²) in [6, 6.07) is 6.68. The lowest BCUT2D eigenvalue weighted by atomic mass is 10.2. The van der Waals surface area contributed by atoms with E-state index in [-0.39, 0.29) is 5.82 Å². The molecule has 0 spiro atoms. The summed E-state index contributed by atoms with van der Waals surface area (Å²) in [5, 5.41) is 5.27. The van der Waals surface area contributed by atoms with E-state index in [0.29, 0.717) is 12.1 Å². The largest absolute Gasteiger partial charge is 0.244 e. The van der Waals surface area contributed by atoms with Crippen LogP contribution in [0.4, 0.5) is 4.39 Å². The van der Waals surface area contributed by atoms with Crippen LogP contribution in [0.2, 0.25) is 0 Å². The van der Waals surface area contributed by atoms with Crippen LogP contribution in [0.15, 0.2) is 36.8 Å². The highest BCUT2D eigenvalue weighted by atomic mass is 19.1. The maximum Gasteiger partial charge on any atom is 0.161 e. The molecule has 0 amide bonds. The maximum atomic E-state index is 13.6. The lowest BCUT2D eigenvalue weighted by molar-refractivity contribution is 0.588. The van der Waals surface area contributed by atoms with Crippen molar-refractivity contribution in [3.8, 4) is 0 Å². The van der Waals surface area contributed by atoms with E-state index in [1.54, 1.807) is 23.0 Å². The first-order chi connectivity index (χ1) is 9.75. The van der Waals surface area contributed by atoms with Crippen molar-refractivity contribution in [1.82, 2.24) is 19.7 Å². The summed E-state index contributed by atoms with van der Waals surface area (Å²) in [5.74, 6) is -0.229. The topological polar surface area (TPSA) is 43.6 Å². The second-order valence-electron chi connectivity index (χ2n) is 4.09. The molecule has 20 heavy (non-hydrogen) atoms. The molecule has 3 rings (SSSR count). The molecular weight excluding hydrogens is 255 g/mol. The number of rotatable bonds is 2. The normalized spacial score (nSPS) is 10.2. The Morgan fingerprint density at radius 1 is 1.20 bits per heavy atom. The Hall–Kier alpha value is -2.30. The third-order valence-electron chi connectivity index (χ3n) is 2.87. The molecule has 0 radical (unpaired) electrons. The van der Waals surface area contributed by atoms with E-state index in [4.69, 9.17) is 0 Å². The molecule has 4 nitrogen and oxygen atoms in total. The average Bonchev–Trinajstić information content (AvgIpc) is 2.81. The molecule has 0 atom stereocenters. The van der Waals surface area contributed by atoms with Gasteiger partial charge in [-0.05, 0) is 13.0 Å². The molecule has 0 saturated carbocycles. The van der Waals surface area contributed by atoms with E-state index in [1.807, 2.05) is 26.8 Å². The fourth-order valence-corrected chi connectivity index (χ4v) is 1.96. The Bertz CT molecular complexity index is 706. The summed E-state index contributed by atoms with van der Waals surface area (Å²) in [5.41, 5.74) is 2.17. The van der Waals surface area contributed by atoms with E-state index in [9.17, 15) is 4.39 Å². The smallest absolute Gasteiger partial charge is 0.161 e. The molecule has 0 bridgehead atoms. The Balaban J connectivity index is 0.000000704. The zero-order valence-electron chi connectivity index (χ0n) is 11.8. The van der Waals surface area contributed by atoms with Crippen LogP contribution in [0.25, 0.3) is 11.0 Å². The molecule has 3 aromatic rings. The summed E-state index contributed by atoms with van der Waals surface area (Å²) in [6.07, 6.45) is 3.20. The van der Waals surface area contributed by atoms with Crippen molar-refractivity contribution in [2.75, 3.05) is 0 Å². The number of hydrogen-bond acceptors (Lipinski definition) is 3. The standard InChI is InChI=1S/C13H11FN4.C2H6/c1-9-11-6-15-8-16-13(11)18(17-9)7-10-4-2-3-5-12(10)14;1-2/h2-6,8H,7H2,1H3;1-2H3. The van der Waals surface area contributed by atoms with Crippen LogP contribution in [0.3, 0.4) is 0 Å². The predicted octanol–water partition coefficient (Wildman–Crippen LogP) is 3.35. The van der Waals surface area contributed by atoms with Gasteiger partial charge in [-0.2, -0.15) is 5.10 Å². The van der Waals surface area contributed by atoms with Crippen molar-refractivity contribution in [3.05, 3.63) is 53.9 Å². The fourth-order valence-electron chi connectivity index (χ4n) is 1.96. The van der Waals surface area contributed by atoms with Crippen LogP contribution < -0.4 is 0 Å². The monoisotopic (exact) mass is 272 g/mol. The molecular formula is C15H17FN4. The predicted molar refractivity (Wildman–Crippen MR) is 76.9 cm³/mol. The van der Waals surface area contributed by atoms with Crippen LogP contribution in [-0.2, 0) is 6.54 Å². The minimum atomic E-state index is -0.229. The van der Waals surface area contributed by atoms with E-state index in [2.05, 4.69) is 15.1 Å².